The van der Waals surface area contributed by atoms with Crippen LogP contribution in [0.25, 0.3) is 6.08 Å². The zero-order valence-corrected chi connectivity index (χ0v) is 16.4. The number of halogens is 1. The Labute approximate surface area is 165 Å². The molecular formula is C16H13ClN2O4S3. The molecule has 1 saturated heterocycles. The largest absolute Gasteiger partial charge is 0.347 e. The van der Waals surface area contributed by atoms with Crippen molar-refractivity contribution in [1.29, 1.82) is 0 Å². The summed E-state index contributed by atoms with van der Waals surface area (Å²) in [4.78, 5) is 26.2. The second-order valence-corrected chi connectivity index (χ2v) is 9.70. The van der Waals surface area contributed by atoms with Crippen LogP contribution in [0.4, 0.5) is 0 Å². The number of thioether (sulfide) groups is 1. The van der Waals surface area contributed by atoms with E-state index in [0.717, 1.165) is 22.7 Å². The van der Waals surface area contributed by atoms with Gasteiger partial charge in [-0.15, -0.1) is 0 Å². The number of carbonyl (C=O) groups excluding carboxylic acids is 2. The zero-order chi connectivity index (χ0) is 18.9. The van der Waals surface area contributed by atoms with E-state index < -0.39 is 21.8 Å². The highest BCUT2D eigenvalue weighted by molar-refractivity contribution is 8.26. The SMILES string of the molecule is O=C(CN1C(=O)C(=Cc2cccc(Cl)c2)SC1=S)NC1C=CS(=O)(=O)C1. The molecule has 1 N–H and O–H groups in total. The van der Waals surface area contributed by atoms with Crippen molar-refractivity contribution < 1.29 is 18.0 Å². The first-order valence-electron chi connectivity index (χ1n) is 7.45. The molecule has 2 amide bonds. The molecule has 2 aliphatic rings. The van der Waals surface area contributed by atoms with E-state index in [2.05, 4.69) is 5.32 Å². The van der Waals surface area contributed by atoms with Crippen molar-refractivity contribution in [2.24, 2.45) is 0 Å². The molecule has 3 rings (SSSR count). The molecule has 1 atom stereocenters. The molecule has 6 nitrogen and oxygen atoms in total. The van der Waals surface area contributed by atoms with Gasteiger partial charge in [-0.25, -0.2) is 8.42 Å². The van der Waals surface area contributed by atoms with Gasteiger partial charge < -0.3 is 5.32 Å². The molecule has 0 saturated carbocycles. The molecule has 1 aromatic carbocycles. The number of sulfone groups is 1. The molecule has 1 fully saturated rings. The molecular weight excluding hydrogens is 416 g/mol. The normalized spacial score (nSPS) is 23.0. The van der Waals surface area contributed by atoms with Gasteiger partial charge in [0.1, 0.15) is 10.9 Å². The zero-order valence-electron chi connectivity index (χ0n) is 13.2. The Balaban J connectivity index is 1.66. The highest BCUT2D eigenvalue weighted by Gasteiger charge is 2.34. The van der Waals surface area contributed by atoms with Crippen LogP contribution in [0, 0.1) is 0 Å². The van der Waals surface area contributed by atoms with E-state index >= 15 is 0 Å². The molecule has 0 aliphatic carbocycles. The predicted molar refractivity (Wildman–Crippen MR) is 106 cm³/mol. The van der Waals surface area contributed by atoms with Crippen LogP contribution in [0.15, 0.2) is 40.7 Å². The van der Waals surface area contributed by atoms with Gasteiger partial charge in [0.2, 0.25) is 5.91 Å². The van der Waals surface area contributed by atoms with Gasteiger partial charge in [-0.1, -0.05) is 47.7 Å². The number of amides is 2. The molecule has 2 aliphatic heterocycles. The summed E-state index contributed by atoms with van der Waals surface area (Å²) >= 11 is 12.2. The van der Waals surface area contributed by atoms with E-state index in [9.17, 15) is 18.0 Å². The summed E-state index contributed by atoms with van der Waals surface area (Å²) in [5, 5.41) is 4.19. The number of carbonyl (C=O) groups is 2. The summed E-state index contributed by atoms with van der Waals surface area (Å²) in [5.41, 5.74) is 0.753. The minimum Gasteiger partial charge on any atom is -0.347 e. The summed E-state index contributed by atoms with van der Waals surface area (Å²) in [6.45, 7) is -0.262. The van der Waals surface area contributed by atoms with Crippen LogP contribution in [0.5, 0.6) is 0 Å². The lowest BCUT2D eigenvalue weighted by Crippen LogP contribution is -2.43. The molecule has 136 valence electrons. The van der Waals surface area contributed by atoms with Crippen LogP contribution < -0.4 is 5.32 Å². The monoisotopic (exact) mass is 428 g/mol. The minimum absolute atomic E-state index is 0.175. The molecule has 0 bridgehead atoms. The van der Waals surface area contributed by atoms with Gasteiger partial charge in [0.15, 0.2) is 9.84 Å². The van der Waals surface area contributed by atoms with E-state index in [1.54, 1.807) is 30.3 Å². The summed E-state index contributed by atoms with van der Waals surface area (Å²) in [5.74, 6) is -1.02. The van der Waals surface area contributed by atoms with Crippen molar-refractivity contribution >= 4 is 67.6 Å². The second kappa shape index (κ2) is 7.51. The van der Waals surface area contributed by atoms with Crippen LogP contribution in [-0.2, 0) is 19.4 Å². The number of benzene rings is 1. The van der Waals surface area contributed by atoms with Crippen molar-refractivity contribution in [1.82, 2.24) is 10.2 Å². The van der Waals surface area contributed by atoms with Crippen molar-refractivity contribution in [2.75, 3.05) is 12.3 Å². The first kappa shape index (κ1) is 19.1. The average molecular weight is 429 g/mol. The Morgan fingerprint density at radius 2 is 2.23 bits per heavy atom. The van der Waals surface area contributed by atoms with Crippen molar-refractivity contribution in [3.05, 3.63) is 51.2 Å². The van der Waals surface area contributed by atoms with E-state index in [-0.39, 0.29) is 22.5 Å². The Kier molecular flexibility index (Phi) is 5.52. The number of nitrogens with one attached hydrogen (secondary N) is 1. The third kappa shape index (κ3) is 4.53. The third-order valence-corrected chi connectivity index (χ3v) is 6.61. The second-order valence-electron chi connectivity index (χ2n) is 5.65. The maximum atomic E-state index is 12.5. The summed E-state index contributed by atoms with van der Waals surface area (Å²) < 4.78 is 23.0. The van der Waals surface area contributed by atoms with Crippen LogP contribution >= 0.6 is 35.6 Å². The standard InChI is InChI=1S/C16H13ClN2O4S3/c17-11-3-1-2-10(6-11)7-13-15(21)19(16(24)25-13)8-14(20)18-12-4-5-26(22,23)9-12/h1-7,12H,8-9H2,(H,18,20). The van der Waals surface area contributed by atoms with Crippen LogP contribution in [0.1, 0.15) is 5.56 Å². The van der Waals surface area contributed by atoms with Crippen LogP contribution in [0.2, 0.25) is 5.02 Å². The number of nitrogens with zero attached hydrogens (tertiary/aromatic N) is 1. The summed E-state index contributed by atoms with van der Waals surface area (Å²) in [6.07, 6.45) is 3.08. The van der Waals surface area contributed by atoms with Gasteiger partial charge in [-0.05, 0) is 29.8 Å². The van der Waals surface area contributed by atoms with Crippen molar-refractivity contribution in [2.45, 2.75) is 6.04 Å². The Morgan fingerprint density at radius 3 is 2.88 bits per heavy atom. The van der Waals surface area contributed by atoms with Gasteiger partial charge in [0.05, 0.1) is 16.7 Å². The molecule has 1 aromatic rings. The highest BCUT2D eigenvalue weighted by Crippen LogP contribution is 2.32. The maximum absolute atomic E-state index is 12.5. The fourth-order valence-corrected chi connectivity index (χ4v) is 5.13. The molecule has 0 radical (unpaired) electrons. The molecule has 0 aromatic heterocycles. The topological polar surface area (TPSA) is 83.6 Å². The molecule has 26 heavy (non-hydrogen) atoms. The fourth-order valence-electron chi connectivity index (χ4n) is 2.45. The number of rotatable bonds is 4. The fraction of sp³-hybridized carbons (Fsp3) is 0.188. The first-order chi connectivity index (χ1) is 12.2. The highest BCUT2D eigenvalue weighted by atomic mass is 35.5. The first-order valence-corrected chi connectivity index (χ1v) is 10.8. The maximum Gasteiger partial charge on any atom is 0.266 e. The summed E-state index contributed by atoms with van der Waals surface area (Å²) in [7, 11) is -3.26. The molecule has 10 heteroatoms. The predicted octanol–water partition coefficient (Wildman–Crippen LogP) is 1.97. The van der Waals surface area contributed by atoms with E-state index in [1.807, 2.05) is 0 Å². The minimum atomic E-state index is -3.26. The lowest BCUT2D eigenvalue weighted by atomic mass is 10.2. The van der Waals surface area contributed by atoms with E-state index in [4.69, 9.17) is 23.8 Å². The van der Waals surface area contributed by atoms with Gasteiger partial charge >= 0.3 is 0 Å². The van der Waals surface area contributed by atoms with Gasteiger partial charge in [0.25, 0.3) is 5.91 Å². The lowest BCUT2D eigenvalue weighted by Gasteiger charge is -2.16. The Morgan fingerprint density at radius 1 is 1.46 bits per heavy atom. The van der Waals surface area contributed by atoms with E-state index in [1.165, 1.54) is 11.0 Å². The third-order valence-electron chi connectivity index (χ3n) is 3.60. The van der Waals surface area contributed by atoms with Crippen molar-refractivity contribution in [3.63, 3.8) is 0 Å². The van der Waals surface area contributed by atoms with Crippen LogP contribution in [0.3, 0.4) is 0 Å². The number of hydrogen-bond acceptors (Lipinski definition) is 6. The average Bonchev–Trinajstić information content (AvgIpc) is 3.01. The van der Waals surface area contributed by atoms with E-state index in [0.29, 0.717) is 9.93 Å². The quantitative estimate of drug-likeness (QED) is 0.583. The molecule has 2 heterocycles. The van der Waals surface area contributed by atoms with Gasteiger partial charge in [0, 0.05) is 10.4 Å². The van der Waals surface area contributed by atoms with Gasteiger partial charge in [-0.3, -0.25) is 14.5 Å². The van der Waals surface area contributed by atoms with Gasteiger partial charge in [-0.2, -0.15) is 0 Å². The Bertz CT molecular complexity index is 956. The smallest absolute Gasteiger partial charge is 0.266 e. The lowest BCUT2D eigenvalue weighted by molar-refractivity contribution is -0.128. The Hall–Kier alpha value is -1.68. The molecule has 0 spiro atoms. The van der Waals surface area contributed by atoms with Crippen LogP contribution in [-0.4, -0.2) is 47.8 Å². The summed E-state index contributed by atoms with van der Waals surface area (Å²) in [6, 6.07) is 6.43. The number of hydrogen-bond donors (Lipinski definition) is 1. The van der Waals surface area contributed by atoms with Crippen molar-refractivity contribution in [3.8, 4) is 0 Å². The molecule has 1 unspecified atom stereocenters. The number of thiocarbonyl (C=S) groups is 1.